The molecule has 16 heavy (non-hydrogen) atoms. The number of aliphatic hydroxyl groups is 1. The molecule has 0 saturated carbocycles. The van der Waals surface area contributed by atoms with Gasteiger partial charge in [-0.05, 0) is 24.1 Å². The monoisotopic (exact) mass is 283 g/mol. The van der Waals surface area contributed by atoms with E-state index in [4.69, 9.17) is 0 Å². The van der Waals surface area contributed by atoms with Gasteiger partial charge in [-0.3, -0.25) is 4.79 Å². The minimum atomic E-state index is -0.341. The Bertz CT molecular complexity index is 394. The summed E-state index contributed by atoms with van der Waals surface area (Å²) < 4.78 is 0.985. The Morgan fingerprint density at radius 3 is 3.00 bits per heavy atom. The first-order valence-electron chi connectivity index (χ1n) is 5.35. The number of carbonyl (C=O) groups is 1. The van der Waals surface area contributed by atoms with E-state index in [0.717, 1.165) is 10.0 Å². The van der Waals surface area contributed by atoms with Gasteiger partial charge in [0.2, 0.25) is 5.91 Å². The van der Waals surface area contributed by atoms with Crippen LogP contribution in [0.2, 0.25) is 0 Å². The Hall–Kier alpha value is -0.870. The van der Waals surface area contributed by atoms with Gasteiger partial charge >= 0.3 is 0 Å². The maximum absolute atomic E-state index is 11.9. The average Bonchev–Trinajstić information content (AvgIpc) is 2.65. The quantitative estimate of drug-likeness (QED) is 0.896. The summed E-state index contributed by atoms with van der Waals surface area (Å²) in [7, 11) is 0. The highest BCUT2D eigenvalue weighted by atomic mass is 79.9. The summed E-state index contributed by atoms with van der Waals surface area (Å²) in [4.78, 5) is 13.6. The van der Waals surface area contributed by atoms with Crippen molar-refractivity contribution in [2.45, 2.75) is 18.9 Å². The molecule has 1 aromatic rings. The lowest BCUT2D eigenvalue weighted by Crippen LogP contribution is -2.30. The standard InChI is InChI=1S/C12H14BrNO2/c13-10-3-1-2-9(6-10)7-12(16)14-5-4-11(15)8-14/h1-3,6,11,15H,4-5,7-8H2/t11-/m0/s1. The molecule has 0 bridgehead atoms. The molecule has 0 spiro atoms. The van der Waals surface area contributed by atoms with Crippen molar-refractivity contribution in [3.8, 4) is 0 Å². The number of nitrogens with zero attached hydrogens (tertiary/aromatic N) is 1. The zero-order valence-electron chi connectivity index (χ0n) is 8.90. The number of hydrogen-bond acceptors (Lipinski definition) is 2. The van der Waals surface area contributed by atoms with Crippen LogP contribution >= 0.6 is 15.9 Å². The maximum Gasteiger partial charge on any atom is 0.227 e. The second-order valence-electron chi connectivity index (χ2n) is 4.09. The summed E-state index contributed by atoms with van der Waals surface area (Å²) >= 11 is 3.38. The van der Waals surface area contributed by atoms with Crippen LogP contribution in [0.3, 0.4) is 0 Å². The number of benzene rings is 1. The maximum atomic E-state index is 11.9. The summed E-state index contributed by atoms with van der Waals surface area (Å²) in [6.07, 6.45) is 0.766. The smallest absolute Gasteiger partial charge is 0.227 e. The molecular formula is C12H14BrNO2. The third-order valence-corrected chi connectivity index (χ3v) is 3.25. The van der Waals surface area contributed by atoms with Crippen molar-refractivity contribution < 1.29 is 9.90 Å². The van der Waals surface area contributed by atoms with Crippen LogP contribution in [0.15, 0.2) is 28.7 Å². The van der Waals surface area contributed by atoms with Gasteiger partial charge in [0.1, 0.15) is 0 Å². The average molecular weight is 284 g/mol. The van der Waals surface area contributed by atoms with E-state index in [9.17, 15) is 9.90 Å². The molecule has 0 radical (unpaired) electrons. The Labute approximate surface area is 103 Å². The van der Waals surface area contributed by atoms with Gasteiger partial charge in [0.05, 0.1) is 12.5 Å². The summed E-state index contributed by atoms with van der Waals surface area (Å²) in [6.45, 7) is 1.15. The molecule has 0 unspecified atom stereocenters. The molecular weight excluding hydrogens is 270 g/mol. The number of likely N-dealkylation sites (tertiary alicyclic amines) is 1. The van der Waals surface area contributed by atoms with Crippen LogP contribution in [0.4, 0.5) is 0 Å². The van der Waals surface area contributed by atoms with Crippen LogP contribution in [0, 0.1) is 0 Å². The third-order valence-electron chi connectivity index (χ3n) is 2.76. The SMILES string of the molecule is O=C(Cc1cccc(Br)c1)N1CC[C@H](O)C1. The number of carbonyl (C=O) groups excluding carboxylic acids is 1. The molecule has 1 amide bonds. The number of aliphatic hydroxyl groups excluding tert-OH is 1. The van der Waals surface area contributed by atoms with Crippen molar-refractivity contribution in [2.75, 3.05) is 13.1 Å². The van der Waals surface area contributed by atoms with E-state index < -0.39 is 0 Å². The van der Waals surface area contributed by atoms with Crippen LogP contribution < -0.4 is 0 Å². The Kier molecular flexibility index (Phi) is 3.61. The van der Waals surface area contributed by atoms with Crippen molar-refractivity contribution in [3.05, 3.63) is 34.3 Å². The Morgan fingerprint density at radius 1 is 1.56 bits per heavy atom. The van der Waals surface area contributed by atoms with Gasteiger partial charge in [-0.2, -0.15) is 0 Å². The first-order valence-corrected chi connectivity index (χ1v) is 6.15. The zero-order chi connectivity index (χ0) is 11.5. The number of rotatable bonds is 2. The molecule has 4 heteroatoms. The van der Waals surface area contributed by atoms with Gasteiger partial charge in [-0.25, -0.2) is 0 Å². The molecule has 1 atom stereocenters. The second kappa shape index (κ2) is 4.97. The number of halogens is 1. The molecule has 1 aliphatic rings. The molecule has 1 heterocycles. The predicted molar refractivity (Wildman–Crippen MR) is 65.0 cm³/mol. The van der Waals surface area contributed by atoms with Crippen molar-refractivity contribution in [1.29, 1.82) is 0 Å². The van der Waals surface area contributed by atoms with E-state index in [-0.39, 0.29) is 12.0 Å². The van der Waals surface area contributed by atoms with Crippen molar-refractivity contribution >= 4 is 21.8 Å². The Morgan fingerprint density at radius 2 is 2.38 bits per heavy atom. The summed E-state index contributed by atoms with van der Waals surface area (Å²) in [5.74, 6) is 0.0923. The first-order chi connectivity index (χ1) is 7.65. The van der Waals surface area contributed by atoms with E-state index >= 15 is 0 Å². The van der Waals surface area contributed by atoms with Crippen molar-refractivity contribution in [3.63, 3.8) is 0 Å². The molecule has 1 aromatic carbocycles. The van der Waals surface area contributed by atoms with Crippen molar-refractivity contribution in [1.82, 2.24) is 4.90 Å². The highest BCUT2D eigenvalue weighted by Gasteiger charge is 2.24. The van der Waals surface area contributed by atoms with Gasteiger partial charge in [0.15, 0.2) is 0 Å². The molecule has 86 valence electrons. The first kappa shape index (κ1) is 11.6. The highest BCUT2D eigenvalue weighted by molar-refractivity contribution is 9.10. The molecule has 3 nitrogen and oxygen atoms in total. The molecule has 1 aliphatic heterocycles. The lowest BCUT2D eigenvalue weighted by atomic mass is 10.1. The lowest BCUT2D eigenvalue weighted by molar-refractivity contribution is -0.129. The molecule has 0 aliphatic carbocycles. The number of amides is 1. The zero-order valence-corrected chi connectivity index (χ0v) is 10.5. The van der Waals surface area contributed by atoms with E-state index in [0.29, 0.717) is 25.9 Å². The fourth-order valence-electron chi connectivity index (χ4n) is 1.90. The molecule has 0 aromatic heterocycles. The van der Waals surface area contributed by atoms with Gasteiger partial charge in [0.25, 0.3) is 0 Å². The van der Waals surface area contributed by atoms with Crippen LogP contribution in [-0.2, 0) is 11.2 Å². The molecule has 1 saturated heterocycles. The Balaban J connectivity index is 1.97. The van der Waals surface area contributed by atoms with Gasteiger partial charge in [-0.15, -0.1) is 0 Å². The van der Waals surface area contributed by atoms with Crippen molar-refractivity contribution in [2.24, 2.45) is 0 Å². The van der Waals surface area contributed by atoms with E-state index in [1.54, 1.807) is 4.90 Å². The van der Waals surface area contributed by atoms with Gasteiger partial charge in [-0.1, -0.05) is 28.1 Å². The van der Waals surface area contributed by atoms with Gasteiger partial charge in [0, 0.05) is 17.6 Å². The highest BCUT2D eigenvalue weighted by Crippen LogP contribution is 2.15. The minimum absolute atomic E-state index is 0.0923. The lowest BCUT2D eigenvalue weighted by Gasteiger charge is -2.15. The fraction of sp³-hybridized carbons (Fsp3) is 0.417. The topological polar surface area (TPSA) is 40.5 Å². The fourth-order valence-corrected chi connectivity index (χ4v) is 2.35. The summed E-state index contributed by atoms with van der Waals surface area (Å²) in [5, 5.41) is 9.36. The van der Waals surface area contributed by atoms with Gasteiger partial charge < -0.3 is 10.0 Å². The summed E-state index contributed by atoms with van der Waals surface area (Å²) in [5.41, 5.74) is 1.00. The number of hydrogen-bond donors (Lipinski definition) is 1. The molecule has 2 rings (SSSR count). The van der Waals surface area contributed by atoms with Crippen LogP contribution in [0.1, 0.15) is 12.0 Å². The normalized spacial score (nSPS) is 20.1. The third kappa shape index (κ3) is 2.83. The summed E-state index contributed by atoms with van der Waals surface area (Å²) in [6, 6.07) is 7.75. The van der Waals surface area contributed by atoms with Crippen LogP contribution in [0.25, 0.3) is 0 Å². The van der Waals surface area contributed by atoms with E-state index in [2.05, 4.69) is 15.9 Å². The minimum Gasteiger partial charge on any atom is -0.391 e. The second-order valence-corrected chi connectivity index (χ2v) is 5.00. The number of β-amino-alcohol motifs (C(OH)–C–C–N with tert-alkyl or cyclic N) is 1. The van der Waals surface area contributed by atoms with E-state index in [1.165, 1.54) is 0 Å². The largest absolute Gasteiger partial charge is 0.391 e. The molecule has 1 N–H and O–H groups in total. The molecule has 1 fully saturated rings. The van der Waals surface area contributed by atoms with E-state index in [1.807, 2.05) is 24.3 Å². The van der Waals surface area contributed by atoms with Crippen LogP contribution in [-0.4, -0.2) is 35.1 Å². The van der Waals surface area contributed by atoms with Crippen LogP contribution in [0.5, 0.6) is 0 Å². The predicted octanol–water partition coefficient (Wildman–Crippen LogP) is 1.58.